The standard InChI is InChI=1S/C15H12BrF2IO/c1-15(20,9-2-4-10(19)5-3-9)8-11-13(17)7-6-12(16)14(11)18/h2-7,20H,8H2,1H3. The second kappa shape index (κ2) is 6.07. The summed E-state index contributed by atoms with van der Waals surface area (Å²) >= 11 is 5.18. The largest absolute Gasteiger partial charge is 0.385 e. The molecule has 0 heterocycles. The molecule has 0 aliphatic rings. The third-order valence-electron chi connectivity index (χ3n) is 3.13. The van der Waals surface area contributed by atoms with Crippen LogP contribution in [0.15, 0.2) is 40.9 Å². The molecule has 2 aromatic carbocycles. The molecule has 0 saturated carbocycles. The number of halogens is 4. The molecule has 0 bridgehead atoms. The van der Waals surface area contributed by atoms with Gasteiger partial charge in [-0.25, -0.2) is 8.78 Å². The number of benzene rings is 2. The van der Waals surface area contributed by atoms with Crippen molar-refractivity contribution in [1.82, 2.24) is 0 Å². The monoisotopic (exact) mass is 452 g/mol. The first-order valence-electron chi connectivity index (χ1n) is 5.92. The van der Waals surface area contributed by atoms with Gasteiger partial charge in [0.1, 0.15) is 11.6 Å². The van der Waals surface area contributed by atoms with Crippen LogP contribution >= 0.6 is 38.5 Å². The Morgan fingerprint density at radius 2 is 1.75 bits per heavy atom. The van der Waals surface area contributed by atoms with Gasteiger partial charge in [-0.05, 0) is 75.3 Å². The highest BCUT2D eigenvalue weighted by molar-refractivity contribution is 14.1. The number of hydrogen-bond acceptors (Lipinski definition) is 1. The van der Waals surface area contributed by atoms with Crippen LogP contribution in [0.4, 0.5) is 8.78 Å². The molecule has 0 fully saturated rings. The summed E-state index contributed by atoms with van der Waals surface area (Å²) in [5.41, 5.74) is -0.841. The van der Waals surface area contributed by atoms with Crippen LogP contribution in [-0.4, -0.2) is 5.11 Å². The van der Waals surface area contributed by atoms with E-state index in [-0.39, 0.29) is 16.5 Å². The summed E-state index contributed by atoms with van der Waals surface area (Å²) in [6, 6.07) is 9.71. The Morgan fingerprint density at radius 3 is 2.35 bits per heavy atom. The zero-order valence-corrected chi connectivity index (χ0v) is 14.4. The van der Waals surface area contributed by atoms with Crippen LogP contribution in [0.3, 0.4) is 0 Å². The number of aliphatic hydroxyl groups is 1. The van der Waals surface area contributed by atoms with E-state index in [2.05, 4.69) is 38.5 Å². The molecule has 1 atom stereocenters. The topological polar surface area (TPSA) is 20.2 Å². The zero-order chi connectivity index (χ0) is 14.9. The maximum absolute atomic E-state index is 14.0. The van der Waals surface area contributed by atoms with E-state index in [4.69, 9.17) is 0 Å². The maximum Gasteiger partial charge on any atom is 0.143 e. The smallest absolute Gasteiger partial charge is 0.143 e. The van der Waals surface area contributed by atoms with E-state index in [1.165, 1.54) is 12.1 Å². The van der Waals surface area contributed by atoms with Crippen molar-refractivity contribution in [1.29, 1.82) is 0 Å². The second-order valence-corrected chi connectivity index (χ2v) is 6.88. The van der Waals surface area contributed by atoms with Crippen molar-refractivity contribution < 1.29 is 13.9 Å². The summed E-state index contributed by atoms with van der Waals surface area (Å²) in [6.45, 7) is 1.55. The second-order valence-electron chi connectivity index (χ2n) is 4.78. The van der Waals surface area contributed by atoms with Crippen LogP contribution in [0.5, 0.6) is 0 Å². The van der Waals surface area contributed by atoms with E-state index < -0.39 is 17.2 Å². The van der Waals surface area contributed by atoms with Gasteiger partial charge in [0.2, 0.25) is 0 Å². The molecule has 2 aromatic rings. The highest BCUT2D eigenvalue weighted by Crippen LogP contribution is 2.30. The third-order valence-corrected chi connectivity index (χ3v) is 4.46. The zero-order valence-electron chi connectivity index (χ0n) is 10.6. The highest BCUT2D eigenvalue weighted by Gasteiger charge is 2.27. The lowest BCUT2D eigenvalue weighted by molar-refractivity contribution is 0.0556. The van der Waals surface area contributed by atoms with Crippen molar-refractivity contribution in [2.24, 2.45) is 0 Å². The van der Waals surface area contributed by atoms with E-state index in [1.54, 1.807) is 19.1 Å². The molecule has 2 rings (SSSR count). The van der Waals surface area contributed by atoms with Crippen molar-refractivity contribution in [2.75, 3.05) is 0 Å². The molecule has 0 spiro atoms. The summed E-state index contributed by atoms with van der Waals surface area (Å²) in [4.78, 5) is 0. The van der Waals surface area contributed by atoms with Gasteiger partial charge in [0.25, 0.3) is 0 Å². The fraction of sp³-hybridized carbons (Fsp3) is 0.200. The van der Waals surface area contributed by atoms with Gasteiger partial charge in [0.15, 0.2) is 0 Å². The molecule has 0 radical (unpaired) electrons. The highest BCUT2D eigenvalue weighted by atomic mass is 127. The van der Waals surface area contributed by atoms with E-state index in [9.17, 15) is 13.9 Å². The first kappa shape index (κ1) is 15.9. The predicted molar refractivity (Wildman–Crippen MR) is 86.5 cm³/mol. The molecule has 0 amide bonds. The number of rotatable bonds is 3. The minimum Gasteiger partial charge on any atom is -0.385 e. The van der Waals surface area contributed by atoms with Gasteiger partial charge in [0.05, 0.1) is 10.1 Å². The molecule has 106 valence electrons. The van der Waals surface area contributed by atoms with Gasteiger partial charge < -0.3 is 5.11 Å². The molecule has 5 heteroatoms. The lowest BCUT2D eigenvalue weighted by Gasteiger charge is -2.24. The molecule has 1 unspecified atom stereocenters. The van der Waals surface area contributed by atoms with Crippen molar-refractivity contribution in [2.45, 2.75) is 18.9 Å². The van der Waals surface area contributed by atoms with Gasteiger partial charge in [-0.1, -0.05) is 12.1 Å². The Labute approximate surface area is 138 Å². The minimum atomic E-state index is -1.34. The van der Waals surface area contributed by atoms with E-state index in [0.29, 0.717) is 5.56 Å². The average Bonchev–Trinajstić information content (AvgIpc) is 2.40. The van der Waals surface area contributed by atoms with Gasteiger partial charge in [0, 0.05) is 15.6 Å². The minimum absolute atomic E-state index is 0.122. The summed E-state index contributed by atoms with van der Waals surface area (Å²) < 4.78 is 29.0. The fourth-order valence-electron chi connectivity index (χ4n) is 1.99. The summed E-state index contributed by atoms with van der Waals surface area (Å²) in [5.74, 6) is -1.33. The normalized spacial score (nSPS) is 14.1. The fourth-order valence-corrected chi connectivity index (χ4v) is 2.72. The molecular formula is C15H12BrF2IO. The SMILES string of the molecule is CC(O)(Cc1c(F)ccc(Br)c1F)c1ccc(I)cc1. The van der Waals surface area contributed by atoms with Gasteiger partial charge in [-0.2, -0.15) is 0 Å². The number of hydrogen-bond donors (Lipinski definition) is 1. The molecule has 0 aliphatic carbocycles. The Balaban J connectivity index is 2.38. The van der Waals surface area contributed by atoms with Crippen LogP contribution in [0.1, 0.15) is 18.1 Å². The average molecular weight is 453 g/mol. The van der Waals surface area contributed by atoms with Crippen molar-refractivity contribution in [3.05, 3.63) is 67.2 Å². The van der Waals surface area contributed by atoms with Gasteiger partial charge in [-0.3, -0.25) is 0 Å². The molecule has 0 saturated heterocycles. The summed E-state index contributed by atoms with van der Waals surface area (Å²) in [5, 5.41) is 10.5. The molecule has 0 aliphatic heterocycles. The van der Waals surface area contributed by atoms with Crippen molar-refractivity contribution in [3.8, 4) is 0 Å². The first-order valence-corrected chi connectivity index (χ1v) is 7.79. The maximum atomic E-state index is 14.0. The molecule has 20 heavy (non-hydrogen) atoms. The summed E-state index contributed by atoms with van der Waals surface area (Å²) in [6.07, 6.45) is -0.134. The lowest BCUT2D eigenvalue weighted by atomic mass is 9.89. The van der Waals surface area contributed by atoms with E-state index in [1.807, 2.05) is 12.1 Å². The van der Waals surface area contributed by atoms with Crippen LogP contribution in [0.2, 0.25) is 0 Å². The molecule has 1 nitrogen and oxygen atoms in total. The Kier molecular flexibility index (Phi) is 4.81. The van der Waals surface area contributed by atoms with E-state index in [0.717, 1.165) is 3.57 Å². The quantitative estimate of drug-likeness (QED) is 0.524. The van der Waals surface area contributed by atoms with Crippen LogP contribution in [0.25, 0.3) is 0 Å². The molecule has 1 N–H and O–H groups in total. The van der Waals surface area contributed by atoms with Gasteiger partial charge in [-0.15, -0.1) is 0 Å². The van der Waals surface area contributed by atoms with Crippen molar-refractivity contribution in [3.63, 3.8) is 0 Å². The van der Waals surface area contributed by atoms with Crippen molar-refractivity contribution >= 4 is 38.5 Å². The first-order chi connectivity index (χ1) is 9.31. The Bertz CT molecular complexity index is 627. The Morgan fingerprint density at radius 1 is 1.15 bits per heavy atom. The summed E-state index contributed by atoms with van der Waals surface area (Å²) in [7, 11) is 0. The van der Waals surface area contributed by atoms with Crippen LogP contribution < -0.4 is 0 Å². The van der Waals surface area contributed by atoms with Crippen LogP contribution in [-0.2, 0) is 12.0 Å². The van der Waals surface area contributed by atoms with E-state index >= 15 is 0 Å². The van der Waals surface area contributed by atoms with Gasteiger partial charge >= 0.3 is 0 Å². The third kappa shape index (κ3) is 3.38. The van der Waals surface area contributed by atoms with Crippen LogP contribution in [0, 0.1) is 15.2 Å². The molecular weight excluding hydrogens is 441 g/mol. The molecule has 0 aromatic heterocycles. The Hall–Kier alpha value is -0.530. The predicted octanol–water partition coefficient (Wildman–Crippen LogP) is 4.78. The lowest BCUT2D eigenvalue weighted by Crippen LogP contribution is -2.25.